The lowest BCUT2D eigenvalue weighted by atomic mass is 10.1. The number of carbonyl (C=O) groups is 1. The van der Waals surface area contributed by atoms with Gasteiger partial charge in [0.1, 0.15) is 19.6 Å². The van der Waals surface area contributed by atoms with Crippen molar-refractivity contribution < 1.29 is 14.4 Å². The number of hydrogen-bond acceptors (Lipinski definition) is 2. The lowest BCUT2D eigenvalue weighted by Crippen LogP contribution is -3.12. The fourth-order valence-electron chi connectivity index (χ4n) is 2.70. The molecule has 2 N–H and O–H groups in total. The minimum Gasteiger partial charge on any atom is -0.370 e. The molecule has 1 aliphatic heterocycles. The van der Waals surface area contributed by atoms with E-state index in [9.17, 15) is 4.79 Å². The highest BCUT2D eigenvalue weighted by Crippen LogP contribution is 2.22. The van der Waals surface area contributed by atoms with Crippen LogP contribution in [0.1, 0.15) is 15.9 Å². The molecule has 0 aromatic heterocycles. The van der Waals surface area contributed by atoms with Gasteiger partial charge in [-0.25, -0.2) is 0 Å². The molecule has 1 heterocycles. The molecule has 0 spiro atoms. The second-order valence-corrected chi connectivity index (χ2v) is 6.66. The van der Waals surface area contributed by atoms with Gasteiger partial charge in [0, 0.05) is 16.3 Å². The molecule has 0 bridgehead atoms. The molecule has 2 aromatic rings. The van der Waals surface area contributed by atoms with Crippen LogP contribution in [0.3, 0.4) is 0 Å². The second-order valence-electron chi connectivity index (χ2n) is 5.81. The van der Waals surface area contributed by atoms with Crippen LogP contribution in [-0.4, -0.2) is 32.2 Å². The first-order valence-electron chi connectivity index (χ1n) is 7.88. The number of benzene rings is 2. The van der Waals surface area contributed by atoms with Gasteiger partial charge >= 0.3 is 0 Å². The Balaban J connectivity index is 1.62. The third-order valence-corrected chi connectivity index (χ3v) is 4.59. The monoisotopic (exact) mass is 365 g/mol. The zero-order chi connectivity index (χ0) is 16.9. The molecule has 0 atom stereocenters. The molecule has 1 amide bonds. The van der Waals surface area contributed by atoms with Crippen molar-refractivity contribution >= 4 is 34.8 Å². The molecular weight excluding hydrogens is 347 g/mol. The fraction of sp³-hybridized carbons (Fsp3) is 0.278. The van der Waals surface area contributed by atoms with E-state index in [0.29, 0.717) is 15.6 Å². The maximum Gasteiger partial charge on any atom is 0.257 e. The average Bonchev–Trinajstić information content (AvgIpc) is 2.57. The summed E-state index contributed by atoms with van der Waals surface area (Å²) in [5, 5.41) is 3.70. The quantitative estimate of drug-likeness (QED) is 0.874. The van der Waals surface area contributed by atoms with Crippen LogP contribution in [0.15, 0.2) is 42.5 Å². The van der Waals surface area contributed by atoms with Crippen molar-refractivity contribution in [3.8, 4) is 0 Å². The van der Waals surface area contributed by atoms with E-state index >= 15 is 0 Å². The third kappa shape index (κ3) is 4.48. The van der Waals surface area contributed by atoms with Gasteiger partial charge in [0.15, 0.2) is 0 Å². The molecule has 0 saturated carbocycles. The highest BCUT2D eigenvalue weighted by atomic mass is 35.5. The summed E-state index contributed by atoms with van der Waals surface area (Å²) in [6.07, 6.45) is 0. The van der Waals surface area contributed by atoms with E-state index in [-0.39, 0.29) is 5.91 Å². The third-order valence-electron chi connectivity index (χ3n) is 4.04. The summed E-state index contributed by atoms with van der Waals surface area (Å²) in [5.74, 6) is -0.247. The number of anilines is 1. The average molecular weight is 366 g/mol. The first-order chi connectivity index (χ1) is 11.6. The van der Waals surface area contributed by atoms with Crippen molar-refractivity contribution in [2.24, 2.45) is 0 Å². The Morgan fingerprint density at radius 2 is 1.79 bits per heavy atom. The molecule has 0 radical (unpaired) electrons. The predicted molar refractivity (Wildman–Crippen MR) is 96.1 cm³/mol. The van der Waals surface area contributed by atoms with Crippen LogP contribution >= 0.6 is 23.2 Å². The Bertz CT molecular complexity index is 713. The number of quaternary nitrogens is 1. The molecule has 0 unspecified atom stereocenters. The Hall–Kier alpha value is -1.59. The summed E-state index contributed by atoms with van der Waals surface area (Å²) in [7, 11) is 0. The van der Waals surface area contributed by atoms with E-state index < -0.39 is 0 Å². The number of amides is 1. The van der Waals surface area contributed by atoms with Crippen molar-refractivity contribution in [2.75, 3.05) is 31.6 Å². The summed E-state index contributed by atoms with van der Waals surface area (Å²) >= 11 is 11.9. The van der Waals surface area contributed by atoms with Crippen molar-refractivity contribution in [3.63, 3.8) is 0 Å². The van der Waals surface area contributed by atoms with Crippen LogP contribution in [0, 0.1) is 0 Å². The second kappa shape index (κ2) is 7.99. The van der Waals surface area contributed by atoms with Crippen LogP contribution in [0.5, 0.6) is 0 Å². The molecule has 126 valence electrons. The molecule has 24 heavy (non-hydrogen) atoms. The molecule has 2 aromatic carbocycles. The first kappa shape index (κ1) is 17.2. The SMILES string of the molecule is O=C(Nc1ccc(C[NH+]2CCOCC2)cc1)c1ccc(Cl)cc1Cl. The molecule has 1 saturated heterocycles. The zero-order valence-corrected chi connectivity index (χ0v) is 14.7. The highest BCUT2D eigenvalue weighted by Gasteiger charge is 2.14. The van der Waals surface area contributed by atoms with Gasteiger partial charge in [-0.15, -0.1) is 0 Å². The van der Waals surface area contributed by atoms with Gasteiger partial charge in [-0.1, -0.05) is 35.3 Å². The first-order valence-corrected chi connectivity index (χ1v) is 8.64. The Labute approximate surface area is 151 Å². The largest absolute Gasteiger partial charge is 0.370 e. The van der Waals surface area contributed by atoms with Gasteiger partial charge in [0.2, 0.25) is 0 Å². The van der Waals surface area contributed by atoms with E-state index in [1.54, 1.807) is 18.2 Å². The van der Waals surface area contributed by atoms with Gasteiger partial charge in [-0.3, -0.25) is 4.79 Å². The van der Waals surface area contributed by atoms with Crippen LogP contribution in [0.25, 0.3) is 0 Å². The van der Waals surface area contributed by atoms with Gasteiger partial charge < -0.3 is 15.0 Å². The number of morpholine rings is 1. The smallest absolute Gasteiger partial charge is 0.257 e. The topological polar surface area (TPSA) is 42.8 Å². The van der Waals surface area contributed by atoms with Crippen molar-refractivity contribution in [1.82, 2.24) is 0 Å². The van der Waals surface area contributed by atoms with E-state index in [0.717, 1.165) is 38.5 Å². The van der Waals surface area contributed by atoms with Crippen molar-refractivity contribution in [2.45, 2.75) is 6.54 Å². The van der Waals surface area contributed by atoms with Crippen LogP contribution in [0.2, 0.25) is 10.0 Å². The normalized spacial score (nSPS) is 15.2. The molecule has 3 rings (SSSR count). The van der Waals surface area contributed by atoms with Gasteiger partial charge in [0.05, 0.1) is 23.8 Å². The molecule has 0 aliphatic carbocycles. The number of halogens is 2. The van der Waals surface area contributed by atoms with Crippen LogP contribution in [-0.2, 0) is 11.3 Å². The number of rotatable bonds is 4. The molecular formula is C18H19Cl2N2O2+. The lowest BCUT2D eigenvalue weighted by Gasteiger charge is -2.23. The van der Waals surface area contributed by atoms with E-state index in [2.05, 4.69) is 5.32 Å². The fourth-order valence-corrected chi connectivity index (χ4v) is 3.20. The Morgan fingerprint density at radius 3 is 2.46 bits per heavy atom. The minimum absolute atomic E-state index is 0.247. The zero-order valence-electron chi connectivity index (χ0n) is 13.1. The summed E-state index contributed by atoms with van der Waals surface area (Å²) < 4.78 is 5.37. The molecule has 4 nitrogen and oxygen atoms in total. The number of ether oxygens (including phenoxy) is 1. The van der Waals surface area contributed by atoms with Gasteiger partial charge in [0.25, 0.3) is 5.91 Å². The van der Waals surface area contributed by atoms with Crippen LogP contribution in [0.4, 0.5) is 5.69 Å². The summed E-state index contributed by atoms with van der Waals surface area (Å²) in [6.45, 7) is 4.69. The van der Waals surface area contributed by atoms with E-state index in [1.165, 1.54) is 10.5 Å². The molecule has 1 aliphatic rings. The van der Waals surface area contributed by atoms with Gasteiger partial charge in [-0.05, 0) is 30.3 Å². The standard InChI is InChI=1S/C18H18Cl2N2O2/c19-14-3-6-16(17(20)11-14)18(23)21-15-4-1-13(2-5-15)12-22-7-9-24-10-8-22/h1-6,11H,7-10,12H2,(H,21,23)/p+1. The Kier molecular flexibility index (Phi) is 5.74. The summed E-state index contributed by atoms with van der Waals surface area (Å²) in [4.78, 5) is 13.8. The number of carbonyl (C=O) groups excluding carboxylic acids is 1. The van der Waals surface area contributed by atoms with E-state index in [4.69, 9.17) is 27.9 Å². The highest BCUT2D eigenvalue weighted by molar-refractivity contribution is 6.37. The minimum atomic E-state index is -0.247. The van der Waals surface area contributed by atoms with Gasteiger partial charge in [-0.2, -0.15) is 0 Å². The number of nitrogens with one attached hydrogen (secondary N) is 2. The Morgan fingerprint density at radius 1 is 1.08 bits per heavy atom. The van der Waals surface area contributed by atoms with Crippen molar-refractivity contribution in [1.29, 1.82) is 0 Å². The maximum absolute atomic E-state index is 12.3. The van der Waals surface area contributed by atoms with Crippen LogP contribution < -0.4 is 10.2 Å². The lowest BCUT2D eigenvalue weighted by molar-refractivity contribution is -0.921. The van der Waals surface area contributed by atoms with Crippen molar-refractivity contribution in [3.05, 3.63) is 63.6 Å². The molecule has 6 heteroatoms. The molecule has 1 fully saturated rings. The maximum atomic E-state index is 12.3. The summed E-state index contributed by atoms with van der Waals surface area (Å²) in [6, 6.07) is 12.7. The van der Waals surface area contributed by atoms with E-state index in [1.807, 2.05) is 24.3 Å². The number of hydrogen-bond donors (Lipinski definition) is 2. The summed E-state index contributed by atoms with van der Waals surface area (Å²) in [5.41, 5.74) is 2.39. The predicted octanol–water partition coefficient (Wildman–Crippen LogP) is 2.66.